The number of hydrogen-bond donors (Lipinski definition) is 2. The van der Waals surface area contributed by atoms with Gasteiger partial charge in [-0.3, -0.25) is 0 Å². The molecule has 14 heteroatoms. The van der Waals surface area contributed by atoms with Crippen molar-refractivity contribution in [2.75, 3.05) is 0 Å². The molecule has 0 saturated heterocycles. The quantitative estimate of drug-likeness (QED) is 0.567. The van der Waals surface area contributed by atoms with E-state index in [1.807, 2.05) is 0 Å². The van der Waals surface area contributed by atoms with E-state index in [2.05, 4.69) is 0 Å². The van der Waals surface area contributed by atoms with Crippen molar-refractivity contribution >= 4 is 32.0 Å². The second-order valence-electron chi connectivity index (χ2n) is 2.40. The Morgan fingerprint density at radius 3 is 1.41 bits per heavy atom. The van der Waals surface area contributed by atoms with Crippen LogP contribution in [0.5, 0.6) is 0 Å². The maximum atomic E-state index is 12.5. The minimum atomic E-state index is -6.72. The lowest BCUT2D eigenvalue weighted by atomic mass is 10.7. The van der Waals surface area contributed by atoms with E-state index in [1.165, 1.54) is 0 Å². The van der Waals surface area contributed by atoms with Crippen LogP contribution in [0.1, 0.15) is 0 Å². The molecule has 0 aliphatic carbocycles. The Bertz CT molecular complexity index is 424. The van der Waals surface area contributed by atoms with Crippen LogP contribution < -0.4 is 0 Å². The molecule has 104 valence electrons. The van der Waals surface area contributed by atoms with Crippen molar-refractivity contribution in [3.8, 4) is 0 Å². The van der Waals surface area contributed by atoms with E-state index in [1.54, 1.807) is 0 Å². The van der Waals surface area contributed by atoms with Crippen LogP contribution in [0, 0.1) is 0 Å². The molecule has 0 radical (unpaired) electrons. The molecule has 2 atom stereocenters. The molecule has 6 nitrogen and oxygen atoms in total. The molecule has 0 aliphatic rings. The highest BCUT2D eigenvalue weighted by Gasteiger charge is 2.70. The van der Waals surface area contributed by atoms with Gasteiger partial charge in [-0.1, -0.05) is 0 Å². The van der Waals surface area contributed by atoms with Gasteiger partial charge in [-0.25, -0.2) is 16.8 Å². The third kappa shape index (κ3) is 2.98. The van der Waals surface area contributed by atoms with Gasteiger partial charge in [0.25, 0.3) is 13.8 Å². The molecule has 0 aromatic carbocycles. The predicted molar refractivity (Wildman–Crippen MR) is 45.3 cm³/mol. The lowest BCUT2D eigenvalue weighted by Crippen LogP contribution is -2.50. The van der Waals surface area contributed by atoms with Gasteiger partial charge in [0, 0.05) is 0 Å². The molecule has 0 saturated carbocycles. The summed E-state index contributed by atoms with van der Waals surface area (Å²) in [6.07, 6.45) is -6.58. The molecular weight excluding hydrogens is 323 g/mol. The van der Waals surface area contributed by atoms with Gasteiger partial charge in [-0.2, -0.15) is 22.0 Å². The number of halogens is 5. The lowest BCUT2D eigenvalue weighted by Gasteiger charge is -2.21. The monoisotopic (exact) mass is 326 g/mol. The third-order valence-electron chi connectivity index (χ3n) is 1.27. The molecule has 0 amide bonds. The van der Waals surface area contributed by atoms with Crippen LogP contribution in [-0.2, 0) is 32.0 Å². The first-order valence-electron chi connectivity index (χ1n) is 3.14. The summed E-state index contributed by atoms with van der Waals surface area (Å²) in [6.45, 7) is 0. The normalized spacial score (nSPS) is 19.7. The van der Waals surface area contributed by atoms with Gasteiger partial charge in [0.2, 0.25) is 0 Å². The van der Waals surface area contributed by atoms with Crippen LogP contribution in [0.3, 0.4) is 0 Å². The smallest absolute Gasteiger partial charge is 0.304 e. The van der Waals surface area contributed by atoms with Crippen LogP contribution in [0.4, 0.5) is 22.0 Å². The van der Waals surface area contributed by atoms with E-state index in [0.29, 0.717) is 0 Å². The molecule has 2 unspecified atom stereocenters. The van der Waals surface area contributed by atoms with Gasteiger partial charge in [0.1, 0.15) is 0 Å². The van der Waals surface area contributed by atoms with Crippen LogP contribution in [0.25, 0.3) is 0 Å². The molecule has 17 heavy (non-hydrogen) atoms. The maximum Gasteiger partial charge on any atom is 0.469 e. The summed E-state index contributed by atoms with van der Waals surface area (Å²) in [5.41, 5.74) is 0. The van der Waals surface area contributed by atoms with E-state index < -0.39 is 47.3 Å². The van der Waals surface area contributed by atoms with Crippen molar-refractivity contribution in [3.05, 3.63) is 0 Å². The van der Waals surface area contributed by atoms with Crippen LogP contribution in [0.15, 0.2) is 0 Å². The van der Waals surface area contributed by atoms with Crippen LogP contribution >= 0.6 is 0 Å². The highest BCUT2D eigenvalue weighted by atomic mass is 32.3. The number of sulfone groups is 1. The average Bonchev–Trinajstić information content (AvgIpc) is 1.98. The molecule has 0 rings (SSSR count). The van der Waals surface area contributed by atoms with Crippen molar-refractivity contribution in [3.63, 3.8) is 0 Å². The first kappa shape index (κ1) is 16.8. The Morgan fingerprint density at radius 2 is 1.24 bits per heavy atom. The predicted octanol–water partition coefficient (Wildman–Crippen LogP) is 0.283. The van der Waals surface area contributed by atoms with Crippen molar-refractivity contribution < 1.29 is 47.9 Å². The number of alkyl halides is 5. The summed E-state index contributed by atoms with van der Waals surface area (Å²) in [4.78, 5) is 0. The first-order valence-corrected chi connectivity index (χ1v) is 7.02. The molecule has 0 heterocycles. The van der Waals surface area contributed by atoms with Crippen LogP contribution in [0.2, 0.25) is 0 Å². The average molecular weight is 326 g/mol. The molecule has 0 aromatic heterocycles. The lowest BCUT2D eigenvalue weighted by molar-refractivity contribution is -0.241. The Hall–Kier alpha value is -0.180. The molecule has 0 spiro atoms. The minimum Gasteiger partial charge on any atom is -0.304 e. The van der Waals surface area contributed by atoms with Gasteiger partial charge in [-0.05, 0) is 0 Å². The second kappa shape index (κ2) is 4.83. The van der Waals surface area contributed by atoms with E-state index in [4.69, 9.17) is 9.11 Å². The van der Waals surface area contributed by atoms with Gasteiger partial charge in [0.05, 0.1) is 0 Å². The summed E-state index contributed by atoms with van der Waals surface area (Å²) in [5.74, 6) is 0. The Labute approximate surface area is 95.7 Å². The molecule has 0 bridgehead atoms. The van der Waals surface area contributed by atoms with Gasteiger partial charge in [0.15, 0.2) is 22.2 Å². The summed E-state index contributed by atoms with van der Waals surface area (Å²) < 4.78 is 115. The zero-order chi connectivity index (χ0) is 14.2. The van der Waals surface area contributed by atoms with E-state index >= 15 is 0 Å². The number of rotatable bonds is 4. The third-order valence-corrected chi connectivity index (χ3v) is 6.88. The zero-order valence-corrected chi connectivity index (χ0v) is 9.67. The SMILES string of the molecule is O=S(O)C(S(=O)O)S(=O)(=O)C(F)(F)C(F)(F)F. The fraction of sp³-hybridized carbons (Fsp3) is 1.00. The molecule has 0 fully saturated rings. The van der Waals surface area contributed by atoms with Crippen molar-refractivity contribution in [1.29, 1.82) is 0 Å². The first-order chi connectivity index (χ1) is 7.26. The zero-order valence-electron chi connectivity index (χ0n) is 7.22. The second-order valence-corrected chi connectivity index (χ2v) is 7.42. The van der Waals surface area contributed by atoms with E-state index in [0.717, 1.165) is 0 Å². The summed E-state index contributed by atoms with van der Waals surface area (Å²) in [6, 6.07) is 0. The van der Waals surface area contributed by atoms with Crippen LogP contribution in [-0.4, -0.2) is 41.3 Å². The highest BCUT2D eigenvalue weighted by molar-refractivity contribution is 8.18. The van der Waals surface area contributed by atoms with E-state index in [9.17, 15) is 38.8 Å². The Morgan fingerprint density at radius 1 is 0.941 bits per heavy atom. The van der Waals surface area contributed by atoms with Gasteiger partial charge < -0.3 is 9.11 Å². The largest absolute Gasteiger partial charge is 0.469 e. The topological polar surface area (TPSA) is 109 Å². The fourth-order valence-corrected chi connectivity index (χ4v) is 4.16. The van der Waals surface area contributed by atoms with Gasteiger partial charge in [-0.15, -0.1) is 0 Å². The standard InChI is InChI=1S/C3H3F5O6S3/c4-2(5,6)3(7,8)17(13,14)1(15(9)10)16(11)12/h1H,(H,9,10)(H,11,12). The minimum absolute atomic E-state index is 3.68. The Balaban J connectivity index is 5.87. The number of hydrogen-bond acceptors (Lipinski definition) is 4. The molecular formula is C3H3F5O6S3. The van der Waals surface area contributed by atoms with Crippen molar-refractivity contribution in [2.24, 2.45) is 0 Å². The van der Waals surface area contributed by atoms with E-state index in [-0.39, 0.29) is 0 Å². The van der Waals surface area contributed by atoms with Crippen molar-refractivity contribution in [2.45, 2.75) is 15.3 Å². The molecule has 0 aromatic rings. The maximum absolute atomic E-state index is 12.5. The summed E-state index contributed by atoms with van der Waals surface area (Å²) >= 11 is -7.80. The fourth-order valence-electron chi connectivity index (χ4n) is 0.569. The Kier molecular flexibility index (Phi) is 4.78. The van der Waals surface area contributed by atoms with Crippen molar-refractivity contribution in [1.82, 2.24) is 0 Å². The molecule has 0 aliphatic heterocycles. The summed E-state index contributed by atoms with van der Waals surface area (Å²) in [7, 11) is -6.72. The van der Waals surface area contributed by atoms with Gasteiger partial charge >= 0.3 is 11.4 Å². The molecule has 2 N–H and O–H groups in total. The summed E-state index contributed by atoms with van der Waals surface area (Å²) in [5, 5.41) is -6.42. The highest BCUT2D eigenvalue weighted by Crippen LogP contribution is 2.42.